The van der Waals surface area contributed by atoms with Crippen LogP contribution in [0.15, 0.2) is 63.7 Å². The van der Waals surface area contributed by atoms with Crippen molar-refractivity contribution in [3.63, 3.8) is 0 Å². The number of aromatic nitrogens is 2. The van der Waals surface area contributed by atoms with Gasteiger partial charge in [0.05, 0.1) is 29.5 Å². The van der Waals surface area contributed by atoms with Gasteiger partial charge < -0.3 is 18.6 Å². The molecule has 0 N–H and O–H groups in total. The molecule has 7 nitrogen and oxygen atoms in total. The number of carbonyl (C=O) groups is 1. The van der Waals surface area contributed by atoms with E-state index in [-0.39, 0.29) is 5.91 Å². The molecule has 0 saturated carbocycles. The molecule has 4 rings (SSSR count). The summed E-state index contributed by atoms with van der Waals surface area (Å²) in [5, 5.41) is 4.62. The molecule has 0 fully saturated rings. The van der Waals surface area contributed by atoms with Crippen molar-refractivity contribution in [2.75, 3.05) is 20.3 Å². The number of methoxy groups -OCH3 is 1. The van der Waals surface area contributed by atoms with Gasteiger partial charge in [-0.2, -0.15) is 0 Å². The predicted molar refractivity (Wildman–Crippen MR) is 107 cm³/mol. The van der Waals surface area contributed by atoms with Crippen LogP contribution in [-0.2, 0) is 11.3 Å². The van der Waals surface area contributed by atoms with Crippen LogP contribution in [0.2, 0.25) is 0 Å². The second-order valence-electron chi connectivity index (χ2n) is 6.69. The van der Waals surface area contributed by atoms with Crippen LogP contribution in [0.4, 0.5) is 0 Å². The number of hydrogen-bond donors (Lipinski definition) is 0. The van der Waals surface area contributed by atoms with Crippen molar-refractivity contribution >= 4 is 17.0 Å². The van der Waals surface area contributed by atoms with E-state index in [0.29, 0.717) is 53.5 Å². The number of rotatable bonds is 7. The fraction of sp³-hybridized carbons (Fsp3) is 0.227. The van der Waals surface area contributed by atoms with Gasteiger partial charge in [-0.05, 0) is 30.7 Å². The summed E-state index contributed by atoms with van der Waals surface area (Å²) < 4.78 is 16.0. The maximum absolute atomic E-state index is 13.6. The Labute approximate surface area is 167 Å². The molecule has 0 saturated heterocycles. The number of amides is 1. The predicted octanol–water partition coefficient (Wildman–Crippen LogP) is 4.08. The lowest BCUT2D eigenvalue weighted by molar-refractivity contribution is 0.0682. The Hall–Kier alpha value is -3.45. The molecule has 0 aliphatic rings. The Morgan fingerprint density at radius 1 is 1.17 bits per heavy atom. The van der Waals surface area contributed by atoms with E-state index < -0.39 is 0 Å². The van der Waals surface area contributed by atoms with Crippen LogP contribution in [0.5, 0.6) is 0 Å². The average Bonchev–Trinajstić information content (AvgIpc) is 3.41. The Morgan fingerprint density at radius 2 is 2.00 bits per heavy atom. The van der Waals surface area contributed by atoms with Crippen LogP contribution >= 0.6 is 0 Å². The van der Waals surface area contributed by atoms with Crippen molar-refractivity contribution in [3.8, 4) is 11.5 Å². The Bertz CT molecular complexity index is 1100. The number of nitrogens with zero attached hydrogens (tertiary/aromatic N) is 3. The van der Waals surface area contributed by atoms with Gasteiger partial charge in [0.2, 0.25) is 0 Å². The van der Waals surface area contributed by atoms with Gasteiger partial charge in [0, 0.05) is 20.2 Å². The summed E-state index contributed by atoms with van der Waals surface area (Å²) in [5.41, 5.74) is 2.97. The zero-order valence-electron chi connectivity index (χ0n) is 16.3. The van der Waals surface area contributed by atoms with Crippen LogP contribution in [0, 0.1) is 6.92 Å². The van der Waals surface area contributed by atoms with E-state index in [9.17, 15) is 4.79 Å². The third-order valence-corrected chi connectivity index (χ3v) is 4.69. The number of benzene rings is 1. The molecule has 7 heteroatoms. The third-order valence-electron chi connectivity index (χ3n) is 4.69. The van der Waals surface area contributed by atoms with Gasteiger partial charge in [-0.15, -0.1) is 0 Å². The van der Waals surface area contributed by atoms with Gasteiger partial charge in [-0.3, -0.25) is 4.79 Å². The number of hydrogen-bond acceptors (Lipinski definition) is 6. The van der Waals surface area contributed by atoms with Crippen molar-refractivity contribution < 1.29 is 18.5 Å². The lowest BCUT2D eigenvalue weighted by atomic mass is 10.1. The summed E-state index contributed by atoms with van der Waals surface area (Å²) in [4.78, 5) is 19.8. The number of pyridine rings is 1. The van der Waals surface area contributed by atoms with E-state index in [1.165, 1.54) is 0 Å². The fourth-order valence-electron chi connectivity index (χ4n) is 3.24. The van der Waals surface area contributed by atoms with Crippen molar-refractivity contribution in [1.82, 2.24) is 15.0 Å². The number of fused-ring (bicyclic) bond motifs is 1. The highest BCUT2D eigenvalue weighted by molar-refractivity contribution is 6.06. The van der Waals surface area contributed by atoms with Crippen molar-refractivity contribution in [3.05, 3.63) is 71.6 Å². The smallest absolute Gasteiger partial charge is 0.259 e. The molecule has 0 aliphatic carbocycles. The average molecular weight is 391 g/mol. The van der Waals surface area contributed by atoms with E-state index in [0.717, 1.165) is 5.56 Å². The van der Waals surface area contributed by atoms with Gasteiger partial charge >= 0.3 is 0 Å². The summed E-state index contributed by atoms with van der Waals surface area (Å²) in [6.07, 6.45) is 1.56. The van der Waals surface area contributed by atoms with E-state index in [2.05, 4.69) is 10.1 Å². The van der Waals surface area contributed by atoms with Crippen molar-refractivity contribution in [1.29, 1.82) is 0 Å². The first-order chi connectivity index (χ1) is 14.2. The maximum Gasteiger partial charge on any atom is 0.259 e. The van der Waals surface area contributed by atoms with Gasteiger partial charge in [-0.25, -0.2) is 4.98 Å². The maximum atomic E-state index is 13.6. The third kappa shape index (κ3) is 3.90. The molecule has 0 unspecified atom stereocenters. The fourth-order valence-corrected chi connectivity index (χ4v) is 3.24. The summed E-state index contributed by atoms with van der Waals surface area (Å²) >= 11 is 0. The molecule has 4 aromatic rings. The quantitative estimate of drug-likeness (QED) is 0.472. The molecule has 0 bridgehead atoms. The second kappa shape index (κ2) is 8.28. The number of aryl methyl sites for hydroxylation is 1. The molecule has 0 radical (unpaired) electrons. The van der Waals surface area contributed by atoms with E-state index in [4.69, 9.17) is 13.7 Å². The molecule has 0 atom stereocenters. The van der Waals surface area contributed by atoms with Gasteiger partial charge in [-0.1, -0.05) is 35.5 Å². The van der Waals surface area contributed by atoms with Crippen LogP contribution in [0.1, 0.15) is 21.6 Å². The van der Waals surface area contributed by atoms with Crippen LogP contribution in [0.3, 0.4) is 0 Å². The molecule has 148 valence electrons. The normalized spacial score (nSPS) is 11.1. The van der Waals surface area contributed by atoms with Crippen molar-refractivity contribution in [2.45, 2.75) is 13.5 Å². The highest BCUT2D eigenvalue weighted by atomic mass is 16.5. The minimum Gasteiger partial charge on any atom is -0.463 e. The Morgan fingerprint density at radius 3 is 2.72 bits per heavy atom. The van der Waals surface area contributed by atoms with Crippen LogP contribution in [0.25, 0.3) is 22.6 Å². The summed E-state index contributed by atoms with van der Waals surface area (Å²) in [5.74, 6) is 0.416. The van der Waals surface area contributed by atoms with Gasteiger partial charge in [0.25, 0.3) is 11.6 Å². The highest BCUT2D eigenvalue weighted by Gasteiger charge is 2.24. The molecule has 1 amide bonds. The molecular weight excluding hydrogens is 370 g/mol. The minimum atomic E-state index is -0.141. The Kier molecular flexibility index (Phi) is 5.39. The standard InChI is InChI=1S/C22H21N3O4/c1-15-20-17(13-18(19-9-6-11-28-19)23-21(20)29-24-15)22(26)25(10-12-27-2)14-16-7-4-3-5-8-16/h3-9,11,13H,10,12,14H2,1-2H3. The summed E-state index contributed by atoms with van der Waals surface area (Å²) in [6, 6.07) is 15.2. The van der Waals surface area contributed by atoms with E-state index >= 15 is 0 Å². The molecule has 0 spiro atoms. The molecule has 3 aromatic heterocycles. The van der Waals surface area contributed by atoms with Gasteiger partial charge in [0.15, 0.2) is 5.76 Å². The van der Waals surface area contributed by atoms with E-state index in [1.807, 2.05) is 30.3 Å². The van der Waals surface area contributed by atoms with Crippen molar-refractivity contribution in [2.24, 2.45) is 0 Å². The monoisotopic (exact) mass is 391 g/mol. The molecule has 3 heterocycles. The number of ether oxygens (including phenoxy) is 1. The zero-order chi connectivity index (χ0) is 20.2. The molecular formula is C22H21N3O4. The topological polar surface area (TPSA) is 81.6 Å². The lowest BCUT2D eigenvalue weighted by Gasteiger charge is -2.23. The first kappa shape index (κ1) is 18.9. The molecule has 29 heavy (non-hydrogen) atoms. The first-order valence-electron chi connectivity index (χ1n) is 9.30. The van der Waals surface area contributed by atoms with Gasteiger partial charge in [0.1, 0.15) is 5.69 Å². The summed E-state index contributed by atoms with van der Waals surface area (Å²) in [7, 11) is 1.62. The lowest BCUT2D eigenvalue weighted by Crippen LogP contribution is -2.33. The number of carbonyl (C=O) groups excluding carboxylic acids is 1. The molecule has 1 aromatic carbocycles. The molecule has 0 aliphatic heterocycles. The van der Waals surface area contributed by atoms with Crippen LogP contribution < -0.4 is 0 Å². The second-order valence-corrected chi connectivity index (χ2v) is 6.69. The first-order valence-corrected chi connectivity index (χ1v) is 9.30. The SMILES string of the molecule is COCCN(Cc1ccccc1)C(=O)c1cc(-c2ccco2)nc2onc(C)c12. The zero-order valence-corrected chi connectivity index (χ0v) is 16.3. The Balaban J connectivity index is 1.77. The number of furan rings is 1. The van der Waals surface area contributed by atoms with Crippen LogP contribution in [-0.4, -0.2) is 41.2 Å². The largest absolute Gasteiger partial charge is 0.463 e. The van der Waals surface area contributed by atoms with E-state index in [1.54, 1.807) is 43.4 Å². The minimum absolute atomic E-state index is 0.141. The summed E-state index contributed by atoms with van der Waals surface area (Å²) in [6.45, 7) is 3.15. The highest BCUT2D eigenvalue weighted by Crippen LogP contribution is 2.28.